The number of rotatable bonds is 11. The van der Waals surface area contributed by atoms with Crippen LogP contribution in [0.4, 0.5) is 0 Å². The zero-order valence-corrected chi connectivity index (χ0v) is 13.7. The number of carbonyl (C=O) groups excluding carboxylic acids is 3. The molecule has 1 unspecified atom stereocenters. The van der Waals surface area contributed by atoms with Crippen LogP contribution in [0.1, 0.15) is 0 Å². The fourth-order valence-corrected chi connectivity index (χ4v) is 2.73. The lowest BCUT2D eigenvalue weighted by Crippen LogP contribution is -2.28. The van der Waals surface area contributed by atoms with Gasteiger partial charge in [0, 0.05) is 24.4 Å². The molecule has 1 aliphatic rings. The molecular weight excluding hydrogens is 322 g/mol. The van der Waals surface area contributed by atoms with Crippen LogP contribution in [0.25, 0.3) is 0 Å². The summed E-state index contributed by atoms with van der Waals surface area (Å²) in [5.74, 6) is -2.07. The summed E-state index contributed by atoms with van der Waals surface area (Å²) in [5, 5.41) is 0. The lowest BCUT2D eigenvalue weighted by Gasteiger charge is -2.17. The van der Waals surface area contributed by atoms with Crippen molar-refractivity contribution in [2.75, 3.05) is 53.2 Å². The molecule has 0 radical (unpaired) electrons. The molecule has 10 nitrogen and oxygen atoms in total. The first kappa shape index (κ1) is 20.3. The van der Waals surface area contributed by atoms with E-state index in [-0.39, 0.29) is 57.9 Å². The van der Waals surface area contributed by atoms with Crippen LogP contribution in [0.3, 0.4) is 0 Å². The van der Waals surface area contributed by atoms with E-state index in [0.717, 1.165) is 0 Å². The first-order valence-corrected chi connectivity index (χ1v) is 7.51. The van der Waals surface area contributed by atoms with Crippen LogP contribution in [-0.2, 0) is 33.3 Å². The van der Waals surface area contributed by atoms with Crippen molar-refractivity contribution in [2.24, 2.45) is 34.5 Å². The van der Waals surface area contributed by atoms with E-state index in [1.165, 1.54) is 7.11 Å². The molecule has 0 saturated heterocycles. The van der Waals surface area contributed by atoms with Crippen LogP contribution >= 0.6 is 0 Å². The molecule has 1 fully saturated rings. The largest absolute Gasteiger partial charge is 0.464 e. The van der Waals surface area contributed by atoms with Gasteiger partial charge in [-0.3, -0.25) is 14.4 Å². The second-order valence-corrected chi connectivity index (χ2v) is 5.52. The molecular formula is C14H25N3O7. The number of hydrogen-bond acceptors (Lipinski definition) is 10. The summed E-state index contributed by atoms with van der Waals surface area (Å²) >= 11 is 0. The van der Waals surface area contributed by atoms with Crippen LogP contribution in [-0.4, -0.2) is 71.1 Å². The Kier molecular flexibility index (Phi) is 8.05. The van der Waals surface area contributed by atoms with E-state index in [4.69, 9.17) is 36.1 Å². The summed E-state index contributed by atoms with van der Waals surface area (Å²) in [5.41, 5.74) is 15.0. The SMILES string of the molecule is COCC1(COC(=O)CN)[C@H](COC(=O)CN)[C@@H]1COC(=O)CN. The molecule has 10 heteroatoms. The van der Waals surface area contributed by atoms with E-state index in [2.05, 4.69) is 0 Å². The molecule has 6 N–H and O–H groups in total. The van der Waals surface area contributed by atoms with E-state index >= 15 is 0 Å². The normalized spacial score (nSPS) is 25.0. The van der Waals surface area contributed by atoms with Crippen molar-refractivity contribution in [2.45, 2.75) is 0 Å². The Morgan fingerprint density at radius 1 is 0.792 bits per heavy atom. The third kappa shape index (κ3) is 5.13. The third-order valence-electron chi connectivity index (χ3n) is 4.12. The number of carbonyl (C=O) groups is 3. The van der Waals surface area contributed by atoms with Gasteiger partial charge in [0.2, 0.25) is 0 Å². The molecule has 138 valence electrons. The number of methoxy groups -OCH3 is 1. The van der Waals surface area contributed by atoms with Gasteiger partial charge in [0.05, 0.1) is 46.1 Å². The van der Waals surface area contributed by atoms with Gasteiger partial charge in [-0.15, -0.1) is 0 Å². The average Bonchev–Trinajstić information content (AvgIpc) is 3.20. The predicted octanol–water partition coefficient (Wildman–Crippen LogP) is -2.63. The maximum absolute atomic E-state index is 11.3. The van der Waals surface area contributed by atoms with Crippen molar-refractivity contribution in [3.05, 3.63) is 0 Å². The van der Waals surface area contributed by atoms with Crippen LogP contribution < -0.4 is 17.2 Å². The second-order valence-electron chi connectivity index (χ2n) is 5.52. The van der Waals surface area contributed by atoms with E-state index < -0.39 is 23.3 Å². The quantitative estimate of drug-likeness (QED) is 0.266. The van der Waals surface area contributed by atoms with Crippen molar-refractivity contribution in [1.82, 2.24) is 0 Å². The van der Waals surface area contributed by atoms with E-state index in [1.807, 2.05) is 0 Å². The summed E-state index contributed by atoms with van der Waals surface area (Å²) < 4.78 is 20.5. The number of nitrogens with two attached hydrogens (primary N) is 3. The summed E-state index contributed by atoms with van der Waals surface area (Å²) in [6.45, 7) is -0.345. The molecule has 0 aromatic carbocycles. The number of ether oxygens (including phenoxy) is 4. The van der Waals surface area contributed by atoms with Gasteiger partial charge in [-0.1, -0.05) is 0 Å². The highest BCUT2D eigenvalue weighted by molar-refractivity contribution is 5.72. The first-order valence-electron chi connectivity index (χ1n) is 7.51. The first-order chi connectivity index (χ1) is 11.4. The summed E-state index contributed by atoms with van der Waals surface area (Å²) in [6, 6.07) is 0. The van der Waals surface area contributed by atoms with E-state index in [9.17, 15) is 14.4 Å². The molecule has 0 aliphatic heterocycles. The minimum absolute atomic E-state index is 0.0204. The Morgan fingerprint density at radius 2 is 1.21 bits per heavy atom. The standard InChI is InChI=1S/C14H25N3O7/c1-21-7-14(8-24-13(20)4-17)9(5-22-11(18)2-15)10(14)6-23-12(19)3-16/h9-10H,2-8,15-17H2,1H3/t9-,10+,14?. The Morgan fingerprint density at radius 3 is 1.58 bits per heavy atom. The lowest BCUT2D eigenvalue weighted by atomic mass is 10.0. The van der Waals surface area contributed by atoms with Gasteiger partial charge < -0.3 is 36.1 Å². The minimum Gasteiger partial charge on any atom is -0.464 e. The second kappa shape index (κ2) is 9.52. The molecule has 24 heavy (non-hydrogen) atoms. The highest BCUT2D eigenvalue weighted by atomic mass is 16.6. The molecule has 0 aromatic rings. The zero-order valence-electron chi connectivity index (χ0n) is 13.7. The zero-order chi connectivity index (χ0) is 18.2. The molecule has 1 saturated carbocycles. The van der Waals surface area contributed by atoms with Crippen LogP contribution in [0.15, 0.2) is 0 Å². The lowest BCUT2D eigenvalue weighted by molar-refractivity contribution is -0.147. The molecule has 0 amide bonds. The van der Waals surface area contributed by atoms with Gasteiger partial charge in [0.1, 0.15) is 0 Å². The average molecular weight is 347 g/mol. The maximum Gasteiger partial charge on any atom is 0.319 e. The maximum atomic E-state index is 11.3. The van der Waals surface area contributed by atoms with Gasteiger partial charge in [-0.25, -0.2) is 0 Å². The Bertz CT molecular complexity index is 432. The van der Waals surface area contributed by atoms with Crippen LogP contribution in [0, 0.1) is 17.3 Å². The van der Waals surface area contributed by atoms with Crippen molar-refractivity contribution < 1.29 is 33.3 Å². The summed E-state index contributed by atoms with van der Waals surface area (Å²) in [4.78, 5) is 33.9. The highest BCUT2D eigenvalue weighted by Crippen LogP contribution is 2.59. The Labute approximate surface area is 139 Å². The molecule has 1 aliphatic carbocycles. The van der Waals surface area contributed by atoms with Crippen molar-refractivity contribution in [3.8, 4) is 0 Å². The summed E-state index contributed by atoms with van der Waals surface area (Å²) in [7, 11) is 1.50. The fourth-order valence-electron chi connectivity index (χ4n) is 2.73. The molecule has 1 rings (SSSR count). The van der Waals surface area contributed by atoms with Crippen molar-refractivity contribution >= 4 is 17.9 Å². The van der Waals surface area contributed by atoms with Crippen LogP contribution in [0.5, 0.6) is 0 Å². The smallest absolute Gasteiger partial charge is 0.319 e. The number of hydrogen-bond donors (Lipinski definition) is 3. The summed E-state index contributed by atoms with van der Waals surface area (Å²) in [6.07, 6.45) is 0. The number of esters is 3. The topological polar surface area (TPSA) is 166 Å². The van der Waals surface area contributed by atoms with Crippen molar-refractivity contribution in [1.29, 1.82) is 0 Å². The minimum atomic E-state index is -0.622. The van der Waals surface area contributed by atoms with Gasteiger partial charge in [-0.05, 0) is 0 Å². The third-order valence-corrected chi connectivity index (χ3v) is 4.12. The molecule has 0 bridgehead atoms. The molecule has 3 atom stereocenters. The monoisotopic (exact) mass is 347 g/mol. The van der Waals surface area contributed by atoms with Gasteiger partial charge in [0.25, 0.3) is 0 Å². The Balaban J connectivity index is 2.76. The fraction of sp³-hybridized carbons (Fsp3) is 0.786. The van der Waals surface area contributed by atoms with Gasteiger partial charge in [0.15, 0.2) is 0 Å². The van der Waals surface area contributed by atoms with E-state index in [0.29, 0.717) is 0 Å². The van der Waals surface area contributed by atoms with Gasteiger partial charge in [-0.2, -0.15) is 0 Å². The molecule has 0 aromatic heterocycles. The molecule has 0 spiro atoms. The van der Waals surface area contributed by atoms with Crippen LogP contribution in [0.2, 0.25) is 0 Å². The molecule has 0 heterocycles. The predicted molar refractivity (Wildman–Crippen MR) is 81.3 cm³/mol. The van der Waals surface area contributed by atoms with E-state index in [1.54, 1.807) is 0 Å². The van der Waals surface area contributed by atoms with Gasteiger partial charge >= 0.3 is 17.9 Å². The Hall–Kier alpha value is -1.75. The van der Waals surface area contributed by atoms with Crippen molar-refractivity contribution in [3.63, 3.8) is 0 Å². The highest BCUT2D eigenvalue weighted by Gasteiger charge is 2.66.